The minimum absolute atomic E-state index is 0.0332. The van der Waals surface area contributed by atoms with E-state index in [1.54, 1.807) is 0 Å². The first kappa shape index (κ1) is 14.2. The maximum atomic E-state index is 8.84. The Balaban J connectivity index is 2.39. The Labute approximate surface area is 105 Å². The van der Waals surface area contributed by atoms with Gasteiger partial charge in [-0.15, -0.1) is 0 Å². The van der Waals surface area contributed by atoms with Crippen LogP contribution in [-0.4, -0.2) is 11.7 Å². The molecule has 1 aromatic rings. The number of hydrogen-bond donors (Lipinski definition) is 2. The van der Waals surface area contributed by atoms with Crippen molar-refractivity contribution in [2.45, 2.75) is 51.5 Å². The van der Waals surface area contributed by atoms with Crippen molar-refractivity contribution >= 4 is 0 Å². The van der Waals surface area contributed by atoms with E-state index in [0.29, 0.717) is 6.42 Å². The molecule has 1 aromatic carbocycles. The van der Waals surface area contributed by atoms with Crippen LogP contribution in [0.5, 0.6) is 0 Å². The topological polar surface area (TPSA) is 46.2 Å². The zero-order chi connectivity index (χ0) is 12.5. The van der Waals surface area contributed by atoms with Crippen LogP contribution in [0.3, 0.4) is 0 Å². The second kappa shape index (κ2) is 8.26. The second-order valence-electron chi connectivity index (χ2n) is 4.67. The maximum absolute atomic E-state index is 8.84. The Morgan fingerprint density at radius 1 is 1.12 bits per heavy atom. The van der Waals surface area contributed by atoms with E-state index in [9.17, 15) is 0 Å². The Morgan fingerprint density at radius 3 is 2.41 bits per heavy atom. The van der Waals surface area contributed by atoms with E-state index in [1.807, 2.05) is 0 Å². The van der Waals surface area contributed by atoms with Gasteiger partial charge in [-0.25, -0.2) is 0 Å². The van der Waals surface area contributed by atoms with E-state index < -0.39 is 0 Å². The van der Waals surface area contributed by atoms with Crippen molar-refractivity contribution in [3.63, 3.8) is 0 Å². The third kappa shape index (κ3) is 5.33. The Kier molecular flexibility index (Phi) is 6.90. The van der Waals surface area contributed by atoms with Crippen LogP contribution >= 0.6 is 0 Å². The molecule has 0 bridgehead atoms. The molecule has 1 unspecified atom stereocenters. The molecule has 2 nitrogen and oxygen atoms in total. The molecule has 96 valence electrons. The molecule has 0 saturated carbocycles. The second-order valence-corrected chi connectivity index (χ2v) is 4.67. The summed E-state index contributed by atoms with van der Waals surface area (Å²) in [6.07, 6.45) is 7.01. The Morgan fingerprint density at radius 2 is 1.82 bits per heavy atom. The molecule has 0 spiro atoms. The highest BCUT2D eigenvalue weighted by Gasteiger charge is 2.04. The average molecular weight is 235 g/mol. The van der Waals surface area contributed by atoms with Crippen LogP contribution in [-0.2, 0) is 6.42 Å². The van der Waals surface area contributed by atoms with E-state index in [2.05, 4.69) is 31.2 Å². The van der Waals surface area contributed by atoms with Crippen molar-refractivity contribution in [1.82, 2.24) is 0 Å². The van der Waals surface area contributed by atoms with Gasteiger partial charge in [-0.3, -0.25) is 0 Å². The van der Waals surface area contributed by atoms with Gasteiger partial charge in [-0.05, 0) is 30.4 Å². The first-order valence-electron chi connectivity index (χ1n) is 6.73. The monoisotopic (exact) mass is 235 g/mol. The lowest BCUT2D eigenvalue weighted by Gasteiger charge is -2.11. The summed E-state index contributed by atoms with van der Waals surface area (Å²) in [4.78, 5) is 0. The number of aliphatic hydroxyl groups excluding tert-OH is 1. The number of nitrogens with two attached hydrogens (primary N) is 1. The van der Waals surface area contributed by atoms with Gasteiger partial charge in [-0.1, -0.05) is 50.5 Å². The molecular weight excluding hydrogens is 210 g/mol. The predicted molar refractivity (Wildman–Crippen MR) is 72.9 cm³/mol. The van der Waals surface area contributed by atoms with Gasteiger partial charge in [0, 0.05) is 12.6 Å². The lowest BCUT2D eigenvalue weighted by atomic mass is 10.0. The lowest BCUT2D eigenvalue weighted by Crippen LogP contribution is -2.11. The molecule has 0 aliphatic carbocycles. The molecular formula is C15H25NO. The van der Waals surface area contributed by atoms with E-state index >= 15 is 0 Å². The molecule has 0 aliphatic rings. The highest BCUT2D eigenvalue weighted by atomic mass is 16.3. The third-order valence-corrected chi connectivity index (χ3v) is 3.17. The summed E-state index contributed by atoms with van der Waals surface area (Å²) in [5.74, 6) is 0. The number of aryl methyl sites for hydroxylation is 1. The summed E-state index contributed by atoms with van der Waals surface area (Å²) in [7, 11) is 0. The van der Waals surface area contributed by atoms with E-state index in [0.717, 1.165) is 12.0 Å². The van der Waals surface area contributed by atoms with E-state index in [4.69, 9.17) is 10.8 Å². The fourth-order valence-corrected chi connectivity index (χ4v) is 1.99. The van der Waals surface area contributed by atoms with Crippen molar-refractivity contribution in [2.24, 2.45) is 5.73 Å². The van der Waals surface area contributed by atoms with Crippen LogP contribution in [0.15, 0.2) is 24.3 Å². The fraction of sp³-hybridized carbons (Fsp3) is 0.600. The van der Waals surface area contributed by atoms with Crippen LogP contribution in [0.2, 0.25) is 0 Å². The normalized spacial score (nSPS) is 12.6. The summed E-state index contributed by atoms with van der Waals surface area (Å²) in [5, 5.41) is 8.84. The fourth-order valence-electron chi connectivity index (χ4n) is 1.99. The van der Waals surface area contributed by atoms with Crippen molar-refractivity contribution in [1.29, 1.82) is 0 Å². The molecule has 0 radical (unpaired) electrons. The number of unbranched alkanes of at least 4 members (excludes halogenated alkanes) is 3. The summed E-state index contributed by atoms with van der Waals surface area (Å²) in [6.45, 7) is 2.39. The predicted octanol–water partition coefficient (Wildman–Crippen LogP) is 3.19. The molecule has 0 heterocycles. The first-order chi connectivity index (χ1) is 8.27. The van der Waals surface area contributed by atoms with Crippen molar-refractivity contribution in [3.05, 3.63) is 35.4 Å². The molecule has 17 heavy (non-hydrogen) atoms. The van der Waals surface area contributed by atoms with Gasteiger partial charge in [0.05, 0.1) is 0 Å². The van der Waals surface area contributed by atoms with Crippen LogP contribution in [0, 0.1) is 0 Å². The molecule has 1 rings (SSSR count). The highest BCUT2D eigenvalue weighted by molar-refractivity contribution is 5.24. The molecule has 0 fully saturated rings. The van der Waals surface area contributed by atoms with E-state index in [-0.39, 0.29) is 12.6 Å². The molecule has 2 heteroatoms. The summed E-state index contributed by atoms with van der Waals surface area (Å²) < 4.78 is 0. The van der Waals surface area contributed by atoms with Gasteiger partial charge in [0.1, 0.15) is 0 Å². The molecule has 0 amide bonds. The lowest BCUT2D eigenvalue weighted by molar-refractivity contribution is 0.276. The van der Waals surface area contributed by atoms with E-state index in [1.165, 1.54) is 31.2 Å². The summed E-state index contributed by atoms with van der Waals surface area (Å²) >= 11 is 0. The third-order valence-electron chi connectivity index (χ3n) is 3.17. The largest absolute Gasteiger partial charge is 0.396 e. The molecule has 3 N–H and O–H groups in total. The maximum Gasteiger partial charge on any atom is 0.0449 e. The minimum Gasteiger partial charge on any atom is -0.396 e. The molecule has 0 aliphatic heterocycles. The standard InChI is InChI=1S/C15H25NO/c1-2-3-4-5-6-13-7-9-14(10-8-13)15(16)11-12-17/h7-10,15,17H,2-6,11-12,16H2,1H3. The van der Waals surface area contributed by atoms with Gasteiger partial charge in [0.15, 0.2) is 0 Å². The summed E-state index contributed by atoms with van der Waals surface area (Å²) in [6, 6.07) is 8.48. The van der Waals surface area contributed by atoms with Crippen LogP contribution < -0.4 is 5.73 Å². The van der Waals surface area contributed by atoms with Crippen LogP contribution in [0.1, 0.15) is 56.2 Å². The van der Waals surface area contributed by atoms with Crippen molar-refractivity contribution in [2.75, 3.05) is 6.61 Å². The smallest absolute Gasteiger partial charge is 0.0449 e. The zero-order valence-electron chi connectivity index (χ0n) is 10.9. The van der Waals surface area contributed by atoms with Crippen molar-refractivity contribution in [3.8, 4) is 0 Å². The summed E-state index contributed by atoms with van der Waals surface area (Å²) in [5.41, 5.74) is 8.45. The van der Waals surface area contributed by atoms with Gasteiger partial charge < -0.3 is 10.8 Å². The van der Waals surface area contributed by atoms with Crippen LogP contribution in [0.25, 0.3) is 0 Å². The average Bonchev–Trinajstić information content (AvgIpc) is 2.36. The number of aliphatic hydroxyl groups is 1. The highest BCUT2D eigenvalue weighted by Crippen LogP contribution is 2.15. The van der Waals surface area contributed by atoms with Gasteiger partial charge in [0.25, 0.3) is 0 Å². The molecule has 1 atom stereocenters. The number of hydrogen-bond acceptors (Lipinski definition) is 2. The minimum atomic E-state index is -0.0332. The van der Waals surface area contributed by atoms with Crippen LogP contribution in [0.4, 0.5) is 0 Å². The number of rotatable bonds is 8. The van der Waals surface area contributed by atoms with Crippen molar-refractivity contribution < 1.29 is 5.11 Å². The zero-order valence-corrected chi connectivity index (χ0v) is 10.9. The molecule has 0 aromatic heterocycles. The Bertz CT molecular complexity index is 294. The molecule has 0 saturated heterocycles. The SMILES string of the molecule is CCCCCCc1ccc(C(N)CCO)cc1. The van der Waals surface area contributed by atoms with Gasteiger partial charge in [0.2, 0.25) is 0 Å². The quantitative estimate of drug-likeness (QED) is 0.680. The van der Waals surface area contributed by atoms with Gasteiger partial charge >= 0.3 is 0 Å². The van der Waals surface area contributed by atoms with Gasteiger partial charge in [-0.2, -0.15) is 0 Å². The Hall–Kier alpha value is -0.860. The number of benzene rings is 1. The first-order valence-corrected chi connectivity index (χ1v) is 6.73.